The monoisotopic (exact) mass is 275 g/mol. The first-order valence-electron chi connectivity index (χ1n) is 7.39. The highest BCUT2D eigenvalue weighted by molar-refractivity contribution is 7.91. The smallest absolute Gasteiger partial charge is 0.151 e. The molecule has 0 bridgehead atoms. The lowest BCUT2D eigenvalue weighted by atomic mass is 9.90. The Bertz CT molecular complexity index is 319. The molecule has 1 rings (SSSR count). The Kier molecular flexibility index (Phi) is 6.64. The van der Waals surface area contributed by atoms with E-state index >= 15 is 0 Å². The minimum atomic E-state index is -2.96. The molecule has 0 aliphatic heterocycles. The molecule has 0 amide bonds. The van der Waals surface area contributed by atoms with E-state index in [0.717, 1.165) is 13.0 Å². The van der Waals surface area contributed by atoms with Crippen molar-refractivity contribution in [1.29, 1.82) is 0 Å². The van der Waals surface area contributed by atoms with E-state index in [1.807, 2.05) is 6.92 Å². The molecule has 18 heavy (non-hydrogen) atoms. The Morgan fingerprint density at radius 1 is 1.17 bits per heavy atom. The van der Waals surface area contributed by atoms with E-state index in [-0.39, 0.29) is 11.3 Å². The van der Waals surface area contributed by atoms with Crippen molar-refractivity contribution in [3.63, 3.8) is 0 Å². The van der Waals surface area contributed by atoms with E-state index in [2.05, 4.69) is 12.2 Å². The minimum Gasteiger partial charge on any atom is -0.312 e. The average molecular weight is 275 g/mol. The topological polar surface area (TPSA) is 46.2 Å². The van der Waals surface area contributed by atoms with Gasteiger partial charge in [-0.15, -0.1) is 0 Å². The van der Waals surface area contributed by atoms with Crippen molar-refractivity contribution in [1.82, 2.24) is 5.32 Å². The molecule has 0 spiro atoms. The zero-order valence-electron chi connectivity index (χ0n) is 12.1. The molecule has 3 nitrogen and oxygen atoms in total. The Balaban J connectivity index is 2.75. The maximum Gasteiger partial charge on any atom is 0.151 e. The van der Waals surface area contributed by atoms with Crippen molar-refractivity contribution in [3.8, 4) is 0 Å². The Morgan fingerprint density at radius 2 is 1.72 bits per heavy atom. The molecule has 1 aliphatic rings. The molecule has 0 aromatic heterocycles. The van der Waals surface area contributed by atoms with E-state index in [0.29, 0.717) is 5.92 Å². The van der Waals surface area contributed by atoms with Gasteiger partial charge in [-0.25, -0.2) is 8.42 Å². The van der Waals surface area contributed by atoms with Crippen LogP contribution in [0.4, 0.5) is 0 Å². The van der Waals surface area contributed by atoms with Gasteiger partial charge in [0, 0.05) is 12.3 Å². The van der Waals surface area contributed by atoms with Gasteiger partial charge < -0.3 is 5.32 Å². The van der Waals surface area contributed by atoms with Gasteiger partial charge >= 0.3 is 0 Å². The number of sulfone groups is 1. The molecule has 2 atom stereocenters. The lowest BCUT2D eigenvalue weighted by Gasteiger charge is -2.31. The first kappa shape index (κ1) is 16.0. The van der Waals surface area contributed by atoms with Crippen LogP contribution in [0.25, 0.3) is 0 Å². The Labute approximate surface area is 113 Å². The predicted molar refractivity (Wildman–Crippen MR) is 77.6 cm³/mol. The van der Waals surface area contributed by atoms with Crippen LogP contribution in [0.3, 0.4) is 0 Å². The second-order valence-electron chi connectivity index (χ2n) is 5.77. The highest BCUT2D eigenvalue weighted by Crippen LogP contribution is 2.28. The van der Waals surface area contributed by atoms with Crippen LogP contribution in [0.15, 0.2) is 0 Å². The maximum absolute atomic E-state index is 11.8. The van der Waals surface area contributed by atoms with Crippen LogP contribution in [-0.2, 0) is 9.84 Å². The van der Waals surface area contributed by atoms with Crippen molar-refractivity contribution < 1.29 is 8.42 Å². The van der Waals surface area contributed by atoms with E-state index in [4.69, 9.17) is 0 Å². The van der Waals surface area contributed by atoms with Crippen LogP contribution < -0.4 is 5.32 Å². The first-order chi connectivity index (χ1) is 8.46. The molecule has 1 saturated carbocycles. The summed E-state index contributed by atoms with van der Waals surface area (Å²) in [6.07, 6.45) is 9.92. The molecular formula is C14H29NO2S. The van der Waals surface area contributed by atoms with E-state index in [1.165, 1.54) is 44.8 Å². The van der Waals surface area contributed by atoms with Crippen LogP contribution in [-0.4, -0.2) is 32.5 Å². The van der Waals surface area contributed by atoms with Gasteiger partial charge in [0.05, 0.1) is 5.25 Å². The molecule has 0 saturated heterocycles. The molecule has 1 aliphatic carbocycles. The summed E-state index contributed by atoms with van der Waals surface area (Å²) < 4.78 is 23.6. The minimum absolute atomic E-state index is 0.137. The SMILES string of the molecule is CCCNC(C1CCCCCC1)C(C)S(C)(=O)=O. The van der Waals surface area contributed by atoms with Crippen molar-refractivity contribution in [2.45, 2.75) is 70.1 Å². The van der Waals surface area contributed by atoms with Gasteiger partial charge in [-0.2, -0.15) is 0 Å². The lowest BCUT2D eigenvalue weighted by molar-refractivity contribution is 0.312. The van der Waals surface area contributed by atoms with Gasteiger partial charge in [-0.05, 0) is 38.6 Å². The lowest BCUT2D eigenvalue weighted by Crippen LogP contribution is -2.47. The average Bonchev–Trinajstić information content (AvgIpc) is 2.57. The van der Waals surface area contributed by atoms with Crippen LogP contribution in [0.1, 0.15) is 58.8 Å². The fourth-order valence-corrected chi connectivity index (χ4v) is 3.81. The first-order valence-corrected chi connectivity index (χ1v) is 9.34. The van der Waals surface area contributed by atoms with E-state index < -0.39 is 9.84 Å². The maximum atomic E-state index is 11.8. The summed E-state index contributed by atoms with van der Waals surface area (Å²) in [7, 11) is -2.96. The molecule has 1 fully saturated rings. The fourth-order valence-electron chi connectivity index (χ4n) is 2.96. The summed E-state index contributed by atoms with van der Waals surface area (Å²) >= 11 is 0. The Morgan fingerprint density at radius 3 is 2.17 bits per heavy atom. The molecule has 1 N–H and O–H groups in total. The number of hydrogen-bond donors (Lipinski definition) is 1. The third-order valence-corrected chi connectivity index (χ3v) is 5.86. The standard InChI is InChI=1S/C14H29NO2S/c1-4-11-15-14(12(2)18(3,16)17)13-9-7-5-6-8-10-13/h12-15H,4-11H2,1-3H3. The van der Waals surface area contributed by atoms with Gasteiger partial charge in [0.15, 0.2) is 9.84 Å². The highest BCUT2D eigenvalue weighted by Gasteiger charge is 2.32. The molecular weight excluding hydrogens is 246 g/mol. The molecule has 0 aromatic carbocycles. The summed E-state index contributed by atoms with van der Waals surface area (Å²) in [6.45, 7) is 4.91. The van der Waals surface area contributed by atoms with Gasteiger partial charge in [-0.1, -0.05) is 32.6 Å². The van der Waals surface area contributed by atoms with Gasteiger partial charge in [0.2, 0.25) is 0 Å². The van der Waals surface area contributed by atoms with Crippen molar-refractivity contribution in [3.05, 3.63) is 0 Å². The second-order valence-corrected chi connectivity index (χ2v) is 8.17. The third kappa shape index (κ3) is 4.88. The number of rotatable bonds is 6. The van der Waals surface area contributed by atoms with Crippen LogP contribution >= 0.6 is 0 Å². The van der Waals surface area contributed by atoms with E-state index in [9.17, 15) is 8.42 Å². The van der Waals surface area contributed by atoms with Gasteiger partial charge in [0.25, 0.3) is 0 Å². The molecule has 0 aromatic rings. The van der Waals surface area contributed by atoms with Crippen LogP contribution in [0, 0.1) is 5.92 Å². The summed E-state index contributed by atoms with van der Waals surface area (Å²) in [4.78, 5) is 0. The normalized spacial score (nSPS) is 22.4. The highest BCUT2D eigenvalue weighted by atomic mass is 32.2. The summed E-state index contributed by atoms with van der Waals surface area (Å²) in [6, 6.07) is 0.137. The molecule has 4 heteroatoms. The largest absolute Gasteiger partial charge is 0.312 e. The van der Waals surface area contributed by atoms with Crippen molar-refractivity contribution in [2.75, 3.05) is 12.8 Å². The zero-order chi connectivity index (χ0) is 13.6. The van der Waals surface area contributed by atoms with Crippen LogP contribution in [0.2, 0.25) is 0 Å². The fraction of sp³-hybridized carbons (Fsp3) is 1.00. The van der Waals surface area contributed by atoms with Gasteiger partial charge in [0.1, 0.15) is 0 Å². The third-order valence-electron chi connectivity index (χ3n) is 4.22. The molecule has 108 valence electrons. The van der Waals surface area contributed by atoms with Crippen molar-refractivity contribution in [2.24, 2.45) is 5.92 Å². The molecule has 0 heterocycles. The summed E-state index contributed by atoms with van der Waals surface area (Å²) in [5.41, 5.74) is 0. The predicted octanol–water partition coefficient (Wildman–Crippen LogP) is 2.76. The zero-order valence-corrected chi connectivity index (χ0v) is 12.9. The number of nitrogens with one attached hydrogen (secondary N) is 1. The quantitative estimate of drug-likeness (QED) is 0.758. The van der Waals surface area contributed by atoms with Crippen LogP contribution in [0.5, 0.6) is 0 Å². The number of hydrogen-bond acceptors (Lipinski definition) is 3. The van der Waals surface area contributed by atoms with Crippen molar-refractivity contribution >= 4 is 9.84 Å². The summed E-state index contributed by atoms with van der Waals surface area (Å²) in [5.74, 6) is 0.531. The van der Waals surface area contributed by atoms with Gasteiger partial charge in [-0.3, -0.25) is 0 Å². The van der Waals surface area contributed by atoms with E-state index in [1.54, 1.807) is 0 Å². The Hall–Kier alpha value is -0.0900. The molecule has 0 radical (unpaired) electrons. The molecule has 2 unspecified atom stereocenters. The summed E-state index contributed by atoms with van der Waals surface area (Å²) in [5, 5.41) is 3.22. The second kappa shape index (κ2) is 7.49.